The fourth-order valence-corrected chi connectivity index (χ4v) is 5.20. The molecule has 5 nitrogen and oxygen atoms in total. The SMILES string of the molecule is NC(=O)[C@H](NC(=O)CC(c1ccccc1)(c1ccccc1)c1ccccc1)[C@H]1CCCC(=O)C1. The maximum Gasteiger partial charge on any atom is 0.240 e. The number of carbonyl (C=O) groups excluding carboxylic acids is 3. The number of rotatable bonds is 8. The maximum atomic E-state index is 13.6. The van der Waals surface area contributed by atoms with Crippen molar-refractivity contribution in [3.8, 4) is 0 Å². The molecule has 1 aliphatic rings. The number of hydrogen-bond acceptors (Lipinski definition) is 3. The van der Waals surface area contributed by atoms with Crippen LogP contribution >= 0.6 is 0 Å². The largest absolute Gasteiger partial charge is 0.368 e. The first-order chi connectivity index (χ1) is 16.5. The minimum Gasteiger partial charge on any atom is -0.368 e. The van der Waals surface area contributed by atoms with E-state index in [0.29, 0.717) is 19.3 Å². The Balaban J connectivity index is 1.74. The number of carbonyl (C=O) groups is 3. The second kappa shape index (κ2) is 10.5. The van der Waals surface area contributed by atoms with Crippen LogP contribution in [0.15, 0.2) is 91.0 Å². The molecule has 1 aliphatic carbocycles. The Kier molecular flexibility index (Phi) is 7.21. The van der Waals surface area contributed by atoms with Crippen molar-refractivity contribution in [3.63, 3.8) is 0 Å². The van der Waals surface area contributed by atoms with Gasteiger partial charge in [-0.05, 0) is 35.4 Å². The van der Waals surface area contributed by atoms with Crippen LogP contribution in [0, 0.1) is 5.92 Å². The molecule has 0 unspecified atom stereocenters. The van der Waals surface area contributed by atoms with Crippen molar-refractivity contribution in [1.82, 2.24) is 5.32 Å². The highest BCUT2D eigenvalue weighted by molar-refractivity contribution is 5.89. The summed E-state index contributed by atoms with van der Waals surface area (Å²) in [6.45, 7) is 0. The molecule has 0 heterocycles. The third kappa shape index (κ3) is 4.93. The van der Waals surface area contributed by atoms with E-state index >= 15 is 0 Å². The maximum absolute atomic E-state index is 13.6. The lowest BCUT2D eigenvalue weighted by Crippen LogP contribution is -2.51. The lowest BCUT2D eigenvalue weighted by Gasteiger charge is -2.36. The molecule has 0 bridgehead atoms. The van der Waals surface area contributed by atoms with E-state index in [1.807, 2.05) is 91.0 Å². The summed E-state index contributed by atoms with van der Waals surface area (Å²) in [5.74, 6) is -1.03. The summed E-state index contributed by atoms with van der Waals surface area (Å²) in [4.78, 5) is 37.9. The number of hydrogen-bond donors (Lipinski definition) is 2. The summed E-state index contributed by atoms with van der Waals surface area (Å²) >= 11 is 0. The predicted molar refractivity (Wildman–Crippen MR) is 132 cm³/mol. The first-order valence-electron chi connectivity index (χ1n) is 11.8. The van der Waals surface area contributed by atoms with Crippen LogP contribution in [0.1, 0.15) is 48.8 Å². The van der Waals surface area contributed by atoms with Crippen molar-refractivity contribution in [2.75, 3.05) is 0 Å². The molecule has 174 valence electrons. The van der Waals surface area contributed by atoms with Crippen molar-refractivity contribution in [2.24, 2.45) is 11.7 Å². The Morgan fingerprint density at radius 2 is 1.32 bits per heavy atom. The Morgan fingerprint density at radius 3 is 1.74 bits per heavy atom. The molecule has 1 saturated carbocycles. The van der Waals surface area contributed by atoms with Gasteiger partial charge < -0.3 is 11.1 Å². The zero-order valence-corrected chi connectivity index (χ0v) is 19.2. The molecule has 3 N–H and O–H groups in total. The number of primary amides is 1. The normalized spacial score (nSPS) is 17.1. The topological polar surface area (TPSA) is 89.3 Å². The highest BCUT2D eigenvalue weighted by Crippen LogP contribution is 2.42. The van der Waals surface area contributed by atoms with Gasteiger partial charge in [-0.25, -0.2) is 0 Å². The van der Waals surface area contributed by atoms with Crippen molar-refractivity contribution in [2.45, 2.75) is 43.6 Å². The quantitative estimate of drug-likeness (QED) is 0.501. The number of benzene rings is 3. The monoisotopic (exact) mass is 454 g/mol. The highest BCUT2D eigenvalue weighted by atomic mass is 16.2. The molecule has 0 radical (unpaired) electrons. The Hall–Kier alpha value is -3.73. The highest BCUT2D eigenvalue weighted by Gasteiger charge is 2.40. The molecular formula is C29H30N2O3. The van der Waals surface area contributed by atoms with Crippen LogP contribution in [0.4, 0.5) is 0 Å². The molecule has 5 heteroatoms. The van der Waals surface area contributed by atoms with Crippen molar-refractivity contribution >= 4 is 17.6 Å². The molecule has 0 aromatic heterocycles. The van der Waals surface area contributed by atoms with Crippen LogP contribution in [-0.2, 0) is 19.8 Å². The first-order valence-corrected chi connectivity index (χ1v) is 11.8. The summed E-state index contributed by atoms with van der Waals surface area (Å²) in [7, 11) is 0. The summed E-state index contributed by atoms with van der Waals surface area (Å²) in [5.41, 5.74) is 7.86. The molecule has 4 rings (SSSR count). The van der Waals surface area contributed by atoms with E-state index in [-0.39, 0.29) is 30.4 Å². The van der Waals surface area contributed by atoms with Crippen LogP contribution in [0.3, 0.4) is 0 Å². The van der Waals surface area contributed by atoms with E-state index < -0.39 is 17.4 Å². The Morgan fingerprint density at radius 1 is 0.853 bits per heavy atom. The number of Topliss-reactive ketones (excluding diaryl/α,β-unsaturated/α-hetero) is 1. The van der Waals surface area contributed by atoms with Gasteiger partial charge in [-0.15, -0.1) is 0 Å². The molecule has 34 heavy (non-hydrogen) atoms. The van der Waals surface area contributed by atoms with Gasteiger partial charge in [0.05, 0.1) is 5.41 Å². The third-order valence-electron chi connectivity index (χ3n) is 6.84. The first kappa shape index (κ1) is 23.4. The second-order valence-corrected chi connectivity index (χ2v) is 9.02. The predicted octanol–water partition coefficient (Wildman–Crippen LogP) is 4.14. The molecule has 0 aliphatic heterocycles. The lowest BCUT2D eigenvalue weighted by molar-refractivity contribution is -0.131. The average molecular weight is 455 g/mol. The van der Waals surface area contributed by atoms with E-state index in [1.54, 1.807) is 0 Å². The van der Waals surface area contributed by atoms with Gasteiger partial charge in [0.25, 0.3) is 0 Å². The van der Waals surface area contributed by atoms with Crippen LogP contribution in [0.2, 0.25) is 0 Å². The zero-order valence-electron chi connectivity index (χ0n) is 19.2. The van der Waals surface area contributed by atoms with Gasteiger partial charge in [0.15, 0.2) is 0 Å². The summed E-state index contributed by atoms with van der Waals surface area (Å²) < 4.78 is 0. The van der Waals surface area contributed by atoms with Gasteiger partial charge in [-0.3, -0.25) is 14.4 Å². The Bertz CT molecular complexity index is 1030. The van der Waals surface area contributed by atoms with Crippen molar-refractivity contribution in [3.05, 3.63) is 108 Å². The van der Waals surface area contributed by atoms with E-state index in [4.69, 9.17) is 5.73 Å². The molecule has 2 atom stereocenters. The molecule has 3 aromatic rings. The second-order valence-electron chi connectivity index (χ2n) is 9.02. The van der Waals surface area contributed by atoms with Crippen molar-refractivity contribution in [1.29, 1.82) is 0 Å². The summed E-state index contributed by atoms with van der Waals surface area (Å²) in [5, 5.41) is 2.91. The standard InChI is InChI=1S/C29H30N2O3/c30-28(34)27(21-11-10-18-25(32)19-21)31-26(33)20-29(22-12-4-1-5-13-22,23-14-6-2-7-15-23)24-16-8-3-9-17-24/h1-9,12-17,21,27H,10-11,18-20H2,(H2,30,34)(H,31,33)/t21-,27+/m0/s1. The molecule has 3 aromatic carbocycles. The zero-order chi connectivity index (χ0) is 24.0. The van der Waals surface area contributed by atoms with Gasteiger partial charge >= 0.3 is 0 Å². The van der Waals surface area contributed by atoms with Gasteiger partial charge in [0.1, 0.15) is 11.8 Å². The smallest absolute Gasteiger partial charge is 0.240 e. The summed E-state index contributed by atoms with van der Waals surface area (Å²) in [6, 6.07) is 28.9. The van der Waals surface area contributed by atoms with E-state index in [2.05, 4.69) is 5.32 Å². The molecule has 0 saturated heterocycles. The van der Waals surface area contributed by atoms with Gasteiger partial charge in [-0.1, -0.05) is 91.0 Å². The number of ketones is 1. The molecule has 1 fully saturated rings. The minimum absolute atomic E-state index is 0.0927. The van der Waals surface area contributed by atoms with Crippen LogP contribution in [0.25, 0.3) is 0 Å². The Labute approximate surface area is 200 Å². The average Bonchev–Trinajstić information content (AvgIpc) is 2.87. The molecule has 2 amide bonds. The van der Waals surface area contributed by atoms with E-state index in [1.165, 1.54) is 0 Å². The fraction of sp³-hybridized carbons (Fsp3) is 0.276. The van der Waals surface area contributed by atoms with Crippen LogP contribution < -0.4 is 11.1 Å². The van der Waals surface area contributed by atoms with Crippen LogP contribution in [-0.4, -0.2) is 23.6 Å². The molecule has 0 spiro atoms. The third-order valence-corrected chi connectivity index (χ3v) is 6.84. The number of nitrogens with two attached hydrogens (primary N) is 1. The van der Waals surface area contributed by atoms with Crippen molar-refractivity contribution < 1.29 is 14.4 Å². The fourth-order valence-electron chi connectivity index (χ4n) is 5.20. The summed E-state index contributed by atoms with van der Waals surface area (Å²) in [6.07, 6.45) is 2.30. The van der Waals surface area contributed by atoms with E-state index in [0.717, 1.165) is 16.7 Å². The molecular weight excluding hydrogens is 424 g/mol. The van der Waals surface area contributed by atoms with E-state index in [9.17, 15) is 14.4 Å². The number of amides is 2. The van der Waals surface area contributed by atoms with Gasteiger partial charge in [0, 0.05) is 19.3 Å². The lowest BCUT2D eigenvalue weighted by atomic mass is 9.67. The van der Waals surface area contributed by atoms with Gasteiger partial charge in [0.2, 0.25) is 11.8 Å². The van der Waals surface area contributed by atoms with Gasteiger partial charge in [-0.2, -0.15) is 0 Å². The minimum atomic E-state index is -0.864. The number of nitrogens with one attached hydrogen (secondary N) is 1. The van der Waals surface area contributed by atoms with Crippen LogP contribution in [0.5, 0.6) is 0 Å².